The third-order valence-corrected chi connectivity index (χ3v) is 7.07. The maximum absolute atomic E-state index is 13.5. The van der Waals surface area contributed by atoms with Crippen molar-refractivity contribution in [2.75, 3.05) is 25.0 Å². The van der Waals surface area contributed by atoms with Crippen LogP contribution in [0.15, 0.2) is 73.3 Å². The first-order valence-electron chi connectivity index (χ1n) is 14.7. The van der Waals surface area contributed by atoms with Gasteiger partial charge in [0.2, 0.25) is 5.91 Å². The van der Waals surface area contributed by atoms with E-state index in [4.69, 9.17) is 14.2 Å². The lowest BCUT2D eigenvalue weighted by Gasteiger charge is -2.24. The molecule has 3 amide bonds. The average molecular weight is 630 g/mol. The molecule has 4 aromatic rings. The number of esters is 1. The monoisotopic (exact) mass is 629 g/mol. The van der Waals surface area contributed by atoms with Crippen molar-refractivity contribution in [3.63, 3.8) is 0 Å². The molecule has 14 nitrogen and oxygen atoms in total. The number of amides is 3. The molecule has 1 aliphatic heterocycles. The maximum atomic E-state index is 13.5. The number of nitrogens with zero attached hydrogens (tertiary/aromatic N) is 5. The van der Waals surface area contributed by atoms with E-state index in [2.05, 4.69) is 25.6 Å². The fourth-order valence-corrected chi connectivity index (χ4v) is 4.90. The van der Waals surface area contributed by atoms with Crippen molar-refractivity contribution in [2.24, 2.45) is 5.92 Å². The molecule has 0 saturated carbocycles. The summed E-state index contributed by atoms with van der Waals surface area (Å²) in [4.78, 5) is 65.4. The number of carbonyl (C=O) groups is 4. The summed E-state index contributed by atoms with van der Waals surface area (Å²) in [5.74, 6) is -1.03. The van der Waals surface area contributed by atoms with Crippen LogP contribution in [0.25, 0.3) is 11.2 Å². The second-order valence-electron chi connectivity index (χ2n) is 11.7. The molecule has 14 heteroatoms. The molecule has 0 spiro atoms. The van der Waals surface area contributed by atoms with Crippen LogP contribution in [0.4, 0.5) is 15.4 Å². The van der Waals surface area contributed by atoms with Crippen LogP contribution in [-0.4, -0.2) is 79.8 Å². The molecule has 0 bridgehead atoms. The first-order chi connectivity index (χ1) is 22.1. The van der Waals surface area contributed by atoms with Crippen LogP contribution in [0.2, 0.25) is 0 Å². The molecule has 0 radical (unpaired) electrons. The number of carbonyl (C=O) groups excluding carboxylic acids is 4. The van der Waals surface area contributed by atoms with Gasteiger partial charge in [0, 0.05) is 19.0 Å². The Morgan fingerprint density at radius 1 is 0.891 bits per heavy atom. The molecule has 3 heterocycles. The van der Waals surface area contributed by atoms with E-state index >= 15 is 0 Å². The van der Waals surface area contributed by atoms with Gasteiger partial charge >= 0.3 is 18.2 Å². The molecule has 2 atom stereocenters. The Labute approximate surface area is 265 Å². The van der Waals surface area contributed by atoms with Gasteiger partial charge in [-0.3, -0.25) is 10.1 Å². The number of rotatable bonds is 9. The second kappa shape index (κ2) is 14.1. The van der Waals surface area contributed by atoms with Crippen LogP contribution >= 0.6 is 0 Å². The summed E-state index contributed by atoms with van der Waals surface area (Å²) in [6, 6.07) is 17.3. The predicted molar refractivity (Wildman–Crippen MR) is 166 cm³/mol. The van der Waals surface area contributed by atoms with Crippen LogP contribution < -0.4 is 10.6 Å². The van der Waals surface area contributed by atoms with Gasteiger partial charge in [0.25, 0.3) is 0 Å². The van der Waals surface area contributed by atoms with Gasteiger partial charge in [-0.05, 0) is 38.5 Å². The molecule has 5 rings (SSSR count). The van der Waals surface area contributed by atoms with Crippen LogP contribution in [0.5, 0.6) is 0 Å². The van der Waals surface area contributed by atoms with Crippen molar-refractivity contribution in [1.29, 1.82) is 0 Å². The minimum absolute atomic E-state index is 0.0192. The van der Waals surface area contributed by atoms with E-state index < -0.39 is 29.8 Å². The summed E-state index contributed by atoms with van der Waals surface area (Å²) in [5.41, 5.74) is 1.12. The predicted octanol–water partition coefficient (Wildman–Crippen LogP) is 3.78. The van der Waals surface area contributed by atoms with Gasteiger partial charge < -0.3 is 29.0 Å². The smallest absolute Gasteiger partial charge is 0.413 e. The number of anilines is 1. The summed E-state index contributed by atoms with van der Waals surface area (Å²) >= 11 is 0. The van der Waals surface area contributed by atoms with E-state index in [9.17, 15) is 19.2 Å². The van der Waals surface area contributed by atoms with Crippen molar-refractivity contribution in [3.8, 4) is 0 Å². The average Bonchev–Trinajstić information content (AvgIpc) is 3.63. The summed E-state index contributed by atoms with van der Waals surface area (Å²) in [5, 5.41) is 5.41. The highest BCUT2D eigenvalue weighted by molar-refractivity contribution is 5.93. The number of aromatic nitrogens is 4. The van der Waals surface area contributed by atoms with Crippen LogP contribution in [-0.2, 0) is 32.2 Å². The zero-order valence-electron chi connectivity index (χ0n) is 25.7. The lowest BCUT2D eigenvalue weighted by molar-refractivity contribution is -0.131. The number of likely N-dealkylation sites (tertiary alicyclic amines) is 1. The van der Waals surface area contributed by atoms with Crippen molar-refractivity contribution >= 4 is 41.0 Å². The number of imidazole rings is 1. The van der Waals surface area contributed by atoms with E-state index in [0.717, 1.165) is 5.56 Å². The molecule has 2 N–H and O–H groups in total. The lowest BCUT2D eigenvalue weighted by atomic mass is 10.1. The molecule has 2 aromatic heterocycles. The zero-order valence-corrected chi connectivity index (χ0v) is 25.7. The third-order valence-electron chi connectivity index (χ3n) is 7.07. The van der Waals surface area contributed by atoms with Gasteiger partial charge in [0.15, 0.2) is 17.0 Å². The van der Waals surface area contributed by atoms with E-state index in [1.54, 1.807) is 60.6 Å². The highest BCUT2D eigenvalue weighted by atomic mass is 16.6. The number of nitrogens with one attached hydrogen (secondary N) is 2. The summed E-state index contributed by atoms with van der Waals surface area (Å²) < 4.78 is 17.8. The Morgan fingerprint density at radius 2 is 1.61 bits per heavy atom. The van der Waals surface area contributed by atoms with Gasteiger partial charge in [0.1, 0.15) is 25.1 Å². The molecule has 1 saturated heterocycles. The molecule has 2 aromatic carbocycles. The number of ether oxygens (including phenoxy) is 3. The minimum Gasteiger partial charge on any atom is -0.462 e. The number of hydrogen-bond donors (Lipinski definition) is 2. The summed E-state index contributed by atoms with van der Waals surface area (Å²) in [6.45, 7) is 5.60. The molecule has 1 fully saturated rings. The Kier molecular flexibility index (Phi) is 9.74. The first-order valence-corrected chi connectivity index (χ1v) is 14.7. The number of fused-ring (bicyclic) bond motifs is 1. The fraction of sp³-hybridized carbons (Fsp3) is 0.344. The topological polar surface area (TPSA) is 167 Å². The Hall–Kier alpha value is -5.53. The zero-order chi connectivity index (χ0) is 32.7. The van der Waals surface area contributed by atoms with Crippen molar-refractivity contribution < 1.29 is 33.4 Å². The normalized spacial score (nSPS) is 16.1. The second-order valence-corrected chi connectivity index (χ2v) is 11.7. The Morgan fingerprint density at radius 3 is 2.33 bits per heavy atom. The summed E-state index contributed by atoms with van der Waals surface area (Å²) in [7, 11) is 0. The van der Waals surface area contributed by atoms with E-state index in [-0.39, 0.29) is 56.0 Å². The quantitative estimate of drug-likeness (QED) is 0.205. The van der Waals surface area contributed by atoms with Crippen molar-refractivity contribution in [2.45, 2.75) is 45.6 Å². The third kappa shape index (κ3) is 8.34. The van der Waals surface area contributed by atoms with E-state index in [0.29, 0.717) is 11.2 Å². The van der Waals surface area contributed by atoms with Crippen LogP contribution in [0.3, 0.4) is 0 Å². The standard InChI is InChI=1S/C32H35N7O7/c1-32(2,3)46-31(43)36-24-15-38(14-23(24)18-44-29(41)22-12-8-5-9-13-22)25(40)16-39-20-35-26-27(33-19-34-28(26)39)37-30(42)45-17-21-10-6-4-7-11-21/h4-13,19-20,23-24H,14-18H2,1-3H3,(H,36,43)(H,33,34,37,42)/t23-,24+/m1/s1. The van der Waals surface area contributed by atoms with Gasteiger partial charge in [-0.1, -0.05) is 48.5 Å². The van der Waals surface area contributed by atoms with E-state index in [1.165, 1.54) is 12.7 Å². The number of alkyl carbamates (subject to hydrolysis) is 1. The Bertz CT molecular complexity index is 1690. The maximum Gasteiger partial charge on any atom is 0.413 e. The van der Waals surface area contributed by atoms with Crippen LogP contribution in [0.1, 0.15) is 36.7 Å². The van der Waals surface area contributed by atoms with Crippen LogP contribution in [0, 0.1) is 5.92 Å². The summed E-state index contributed by atoms with van der Waals surface area (Å²) in [6.07, 6.45) is 1.34. The Balaban J connectivity index is 1.24. The van der Waals surface area contributed by atoms with Crippen molar-refractivity contribution in [3.05, 3.63) is 84.4 Å². The lowest BCUT2D eigenvalue weighted by Crippen LogP contribution is -2.44. The van der Waals surface area contributed by atoms with Gasteiger partial charge in [0.05, 0.1) is 24.5 Å². The molecular formula is C32H35N7O7. The highest BCUT2D eigenvalue weighted by Gasteiger charge is 2.38. The van der Waals surface area contributed by atoms with E-state index in [1.807, 2.05) is 30.3 Å². The molecule has 1 aliphatic rings. The van der Waals surface area contributed by atoms with Crippen molar-refractivity contribution in [1.82, 2.24) is 29.7 Å². The highest BCUT2D eigenvalue weighted by Crippen LogP contribution is 2.22. The number of benzene rings is 2. The molecule has 240 valence electrons. The first kappa shape index (κ1) is 31.9. The number of hydrogen-bond acceptors (Lipinski definition) is 10. The molecule has 46 heavy (non-hydrogen) atoms. The van der Waals surface area contributed by atoms with Gasteiger partial charge in [-0.15, -0.1) is 0 Å². The fourth-order valence-electron chi connectivity index (χ4n) is 4.90. The molecule has 0 unspecified atom stereocenters. The minimum atomic E-state index is -0.718. The largest absolute Gasteiger partial charge is 0.462 e. The molecular weight excluding hydrogens is 594 g/mol. The van der Waals surface area contributed by atoms with Gasteiger partial charge in [-0.2, -0.15) is 0 Å². The SMILES string of the molecule is CC(C)(C)OC(=O)N[C@H]1CN(C(=O)Cn2cnc3c(NC(=O)OCc4ccccc4)ncnc32)C[C@@H]1COC(=O)c1ccccc1. The molecule has 0 aliphatic carbocycles. The van der Waals surface area contributed by atoms with Gasteiger partial charge in [-0.25, -0.2) is 29.3 Å².